The molecule has 0 spiro atoms. The average molecular weight is 586 g/mol. The van der Waals surface area contributed by atoms with Crippen molar-refractivity contribution in [3.63, 3.8) is 0 Å². The normalized spacial score (nSPS) is 13.0. The lowest BCUT2D eigenvalue weighted by molar-refractivity contribution is 0.769. The van der Waals surface area contributed by atoms with E-state index in [1.807, 2.05) is 0 Å². The van der Waals surface area contributed by atoms with Gasteiger partial charge in [-0.1, -0.05) is 146 Å². The van der Waals surface area contributed by atoms with Crippen molar-refractivity contribution in [2.24, 2.45) is 0 Å². The summed E-state index contributed by atoms with van der Waals surface area (Å²) >= 11 is 0. The number of benzene rings is 8. The molecule has 8 aromatic carbocycles. The van der Waals surface area contributed by atoms with Crippen LogP contribution in [0.15, 0.2) is 188 Å². The van der Waals surface area contributed by atoms with Crippen LogP contribution in [-0.4, -0.2) is 0 Å². The quantitative estimate of drug-likeness (QED) is 0.182. The molecule has 0 bridgehead atoms. The van der Waals surface area contributed by atoms with E-state index in [1.54, 1.807) is 0 Å². The Morgan fingerprint density at radius 2 is 0.913 bits per heavy atom. The van der Waals surface area contributed by atoms with Crippen LogP contribution in [0.2, 0.25) is 0 Å². The number of fused-ring (bicyclic) bond motifs is 6. The largest absolute Gasteiger partial charge is 0.310 e. The lowest BCUT2D eigenvalue weighted by Crippen LogP contribution is -2.28. The first-order valence-corrected chi connectivity index (χ1v) is 16.0. The van der Waals surface area contributed by atoms with Gasteiger partial charge in [-0.05, 0) is 92.0 Å². The van der Waals surface area contributed by atoms with E-state index in [2.05, 4.69) is 193 Å². The molecule has 216 valence electrons. The van der Waals surface area contributed by atoms with Gasteiger partial charge in [-0.2, -0.15) is 0 Å². The van der Waals surface area contributed by atoms with Crippen molar-refractivity contribution in [3.05, 3.63) is 210 Å². The number of hydrogen-bond donors (Lipinski definition) is 0. The number of hydrogen-bond acceptors (Lipinski definition) is 1. The number of nitrogens with zero attached hydrogens (tertiary/aromatic N) is 1. The fourth-order valence-electron chi connectivity index (χ4n) is 7.79. The third-order valence-corrected chi connectivity index (χ3v) is 9.70. The molecule has 0 radical (unpaired) electrons. The standard InChI is InChI=1S/C45H31N/c1-5-16-33(17-6-1)45(34-18-7-2-8-19-34)42-26-14-13-24-38(42)41-30-32-28-29-39-37(40(32)31-43(41)45)25-15-27-44(39)46(35-20-9-3-10-21-35)36-22-11-4-12-23-36/h1-31H. The van der Waals surface area contributed by atoms with Crippen LogP contribution >= 0.6 is 0 Å². The van der Waals surface area contributed by atoms with E-state index in [4.69, 9.17) is 0 Å². The highest BCUT2D eigenvalue weighted by molar-refractivity contribution is 6.14. The smallest absolute Gasteiger partial charge is 0.0713 e. The van der Waals surface area contributed by atoms with Crippen LogP contribution in [0, 0.1) is 0 Å². The Morgan fingerprint density at radius 3 is 1.54 bits per heavy atom. The molecule has 1 aliphatic rings. The molecule has 0 fully saturated rings. The summed E-state index contributed by atoms with van der Waals surface area (Å²) in [5.41, 5.74) is 10.9. The molecule has 9 rings (SSSR count). The molecule has 0 heterocycles. The van der Waals surface area contributed by atoms with Crippen LogP contribution in [0.3, 0.4) is 0 Å². The first kappa shape index (κ1) is 26.5. The summed E-state index contributed by atoms with van der Waals surface area (Å²) in [5, 5.41) is 4.99. The molecule has 1 aliphatic carbocycles. The lowest BCUT2D eigenvalue weighted by atomic mass is 9.67. The number of anilines is 3. The Morgan fingerprint density at radius 1 is 0.348 bits per heavy atom. The van der Waals surface area contributed by atoms with Gasteiger partial charge in [0.2, 0.25) is 0 Å². The van der Waals surface area contributed by atoms with E-state index in [9.17, 15) is 0 Å². The Bertz CT molecular complexity index is 2260. The van der Waals surface area contributed by atoms with Crippen molar-refractivity contribution in [3.8, 4) is 11.1 Å². The van der Waals surface area contributed by atoms with Gasteiger partial charge in [0.15, 0.2) is 0 Å². The molecule has 1 heteroatoms. The minimum absolute atomic E-state index is 0.428. The van der Waals surface area contributed by atoms with Gasteiger partial charge in [0.1, 0.15) is 0 Å². The summed E-state index contributed by atoms with van der Waals surface area (Å²) < 4.78 is 0. The lowest BCUT2D eigenvalue weighted by Gasteiger charge is -2.34. The first-order valence-electron chi connectivity index (χ1n) is 16.0. The second-order valence-corrected chi connectivity index (χ2v) is 12.1. The van der Waals surface area contributed by atoms with Crippen molar-refractivity contribution in [2.45, 2.75) is 5.41 Å². The molecular formula is C45H31N. The molecule has 8 aromatic rings. The van der Waals surface area contributed by atoms with Gasteiger partial charge in [0.25, 0.3) is 0 Å². The van der Waals surface area contributed by atoms with Crippen LogP contribution in [-0.2, 0) is 5.41 Å². The highest BCUT2D eigenvalue weighted by Gasteiger charge is 2.46. The zero-order valence-electron chi connectivity index (χ0n) is 25.3. The summed E-state index contributed by atoms with van der Waals surface area (Å²) in [7, 11) is 0. The van der Waals surface area contributed by atoms with Gasteiger partial charge in [0.05, 0.1) is 11.1 Å². The monoisotopic (exact) mass is 585 g/mol. The Balaban J connectivity index is 1.36. The van der Waals surface area contributed by atoms with E-state index >= 15 is 0 Å². The zero-order chi connectivity index (χ0) is 30.5. The molecule has 0 unspecified atom stereocenters. The van der Waals surface area contributed by atoms with Gasteiger partial charge in [0, 0.05) is 16.8 Å². The van der Waals surface area contributed by atoms with Crippen LogP contribution in [0.4, 0.5) is 17.1 Å². The molecular weight excluding hydrogens is 555 g/mol. The molecule has 0 atom stereocenters. The van der Waals surface area contributed by atoms with Crippen LogP contribution in [0.25, 0.3) is 32.7 Å². The number of para-hydroxylation sites is 2. The van der Waals surface area contributed by atoms with Gasteiger partial charge < -0.3 is 4.90 Å². The van der Waals surface area contributed by atoms with Crippen LogP contribution < -0.4 is 4.90 Å². The second kappa shape index (κ2) is 10.6. The summed E-state index contributed by atoms with van der Waals surface area (Å²) in [4.78, 5) is 2.37. The van der Waals surface area contributed by atoms with E-state index in [-0.39, 0.29) is 0 Å². The summed E-state index contributed by atoms with van der Waals surface area (Å²) in [6.07, 6.45) is 0. The van der Waals surface area contributed by atoms with Crippen molar-refractivity contribution in [1.29, 1.82) is 0 Å². The Labute approximate surface area is 269 Å². The van der Waals surface area contributed by atoms with E-state index < -0.39 is 5.41 Å². The van der Waals surface area contributed by atoms with Crippen molar-refractivity contribution >= 4 is 38.6 Å². The third kappa shape index (κ3) is 3.89. The first-order chi connectivity index (χ1) is 22.8. The molecule has 0 saturated heterocycles. The average Bonchev–Trinajstić information content (AvgIpc) is 3.42. The Kier molecular flexibility index (Phi) is 6.11. The topological polar surface area (TPSA) is 3.24 Å². The molecule has 0 N–H and O–H groups in total. The van der Waals surface area contributed by atoms with Gasteiger partial charge in [-0.15, -0.1) is 0 Å². The fraction of sp³-hybridized carbons (Fsp3) is 0.0222. The van der Waals surface area contributed by atoms with Crippen molar-refractivity contribution in [1.82, 2.24) is 0 Å². The minimum atomic E-state index is -0.428. The predicted octanol–water partition coefficient (Wildman–Crippen LogP) is 11.8. The number of rotatable bonds is 5. The predicted molar refractivity (Wildman–Crippen MR) is 193 cm³/mol. The van der Waals surface area contributed by atoms with Gasteiger partial charge >= 0.3 is 0 Å². The van der Waals surface area contributed by atoms with Crippen LogP contribution in [0.1, 0.15) is 22.3 Å². The molecule has 0 amide bonds. The second-order valence-electron chi connectivity index (χ2n) is 12.1. The van der Waals surface area contributed by atoms with E-state index in [1.165, 1.54) is 54.9 Å². The maximum Gasteiger partial charge on any atom is 0.0713 e. The van der Waals surface area contributed by atoms with E-state index in [0.717, 1.165) is 17.1 Å². The minimum Gasteiger partial charge on any atom is -0.310 e. The summed E-state index contributed by atoms with van der Waals surface area (Å²) in [6, 6.07) is 68.7. The summed E-state index contributed by atoms with van der Waals surface area (Å²) in [6.45, 7) is 0. The molecule has 1 nitrogen and oxygen atoms in total. The molecule has 0 aromatic heterocycles. The highest BCUT2D eigenvalue weighted by atomic mass is 15.1. The maximum atomic E-state index is 2.49. The maximum absolute atomic E-state index is 2.49. The van der Waals surface area contributed by atoms with Crippen molar-refractivity contribution < 1.29 is 0 Å². The van der Waals surface area contributed by atoms with Crippen molar-refractivity contribution in [2.75, 3.05) is 4.90 Å². The Hall–Kier alpha value is -5.92. The highest BCUT2D eigenvalue weighted by Crippen LogP contribution is 2.57. The zero-order valence-corrected chi connectivity index (χ0v) is 25.3. The van der Waals surface area contributed by atoms with Gasteiger partial charge in [-0.25, -0.2) is 0 Å². The van der Waals surface area contributed by atoms with Crippen LogP contribution in [0.5, 0.6) is 0 Å². The third-order valence-electron chi connectivity index (χ3n) is 9.70. The van der Waals surface area contributed by atoms with E-state index in [0.29, 0.717) is 0 Å². The molecule has 0 saturated carbocycles. The SMILES string of the molecule is c1ccc(N(c2ccccc2)c2cccc3c2ccc2cc4c(cc23)C(c2ccccc2)(c2ccccc2)c2ccccc2-4)cc1. The van der Waals surface area contributed by atoms with Gasteiger partial charge in [-0.3, -0.25) is 0 Å². The summed E-state index contributed by atoms with van der Waals surface area (Å²) in [5.74, 6) is 0. The molecule has 46 heavy (non-hydrogen) atoms. The fourth-order valence-corrected chi connectivity index (χ4v) is 7.79. The molecule has 0 aliphatic heterocycles.